The fourth-order valence-corrected chi connectivity index (χ4v) is 5.74. The Morgan fingerprint density at radius 2 is 1.82 bits per heavy atom. The van der Waals surface area contributed by atoms with Crippen molar-refractivity contribution in [2.45, 2.75) is 45.7 Å². The molecule has 0 unspecified atom stereocenters. The van der Waals surface area contributed by atoms with Crippen LogP contribution in [-0.4, -0.2) is 26.7 Å². The van der Waals surface area contributed by atoms with Gasteiger partial charge >= 0.3 is 0 Å². The Morgan fingerprint density at radius 1 is 1.08 bits per heavy atom. The quantitative estimate of drug-likeness (QED) is 0.158. The molecule has 1 fully saturated rings. The van der Waals surface area contributed by atoms with Gasteiger partial charge in [-0.1, -0.05) is 32.0 Å². The van der Waals surface area contributed by atoms with Crippen LogP contribution in [0.25, 0.3) is 5.69 Å². The normalized spacial score (nSPS) is 17.0. The zero-order valence-corrected chi connectivity index (χ0v) is 23.4. The van der Waals surface area contributed by atoms with E-state index in [0.29, 0.717) is 16.8 Å². The van der Waals surface area contributed by atoms with Gasteiger partial charge in [-0.25, -0.2) is 0 Å². The minimum absolute atomic E-state index is 0.0186. The molecule has 9 heteroatoms. The molecule has 0 bridgehead atoms. The second-order valence-corrected chi connectivity index (χ2v) is 10.4. The summed E-state index contributed by atoms with van der Waals surface area (Å²) in [6, 6.07) is 20.9. The number of nitrogens with zero attached hydrogens (tertiary/aromatic N) is 4. The number of pyridine rings is 1. The largest absolute Gasteiger partial charge is 0.494 e. The topological polar surface area (TPSA) is 85.5 Å². The van der Waals surface area contributed by atoms with E-state index in [0.717, 1.165) is 34.0 Å². The summed E-state index contributed by atoms with van der Waals surface area (Å²) in [6.07, 6.45) is 1.79. The summed E-state index contributed by atoms with van der Waals surface area (Å²) < 4.78 is 7.66. The molecule has 0 amide bonds. The summed E-state index contributed by atoms with van der Waals surface area (Å²) in [5, 5.41) is 15.5. The summed E-state index contributed by atoms with van der Waals surface area (Å²) in [4.78, 5) is 17.8. The van der Waals surface area contributed by atoms with Gasteiger partial charge in [0.25, 0.3) is 5.69 Å². The van der Waals surface area contributed by atoms with E-state index in [2.05, 4.69) is 70.9 Å². The summed E-state index contributed by atoms with van der Waals surface area (Å²) in [6.45, 7) is 8.44. The number of anilines is 1. The minimum Gasteiger partial charge on any atom is -0.494 e. The summed E-state index contributed by atoms with van der Waals surface area (Å²) in [5.74, 6) is 0.857. The van der Waals surface area contributed by atoms with Crippen molar-refractivity contribution in [1.82, 2.24) is 14.9 Å². The highest BCUT2D eigenvalue weighted by Gasteiger charge is 2.42. The lowest BCUT2D eigenvalue weighted by Crippen LogP contribution is -2.29. The number of nitro benzene ring substituents is 1. The van der Waals surface area contributed by atoms with Gasteiger partial charge in [0.2, 0.25) is 0 Å². The Labute approximate surface area is 233 Å². The van der Waals surface area contributed by atoms with Crippen molar-refractivity contribution >= 4 is 28.7 Å². The predicted octanol–water partition coefficient (Wildman–Crippen LogP) is 6.71. The fraction of sp³-hybridized carbons (Fsp3) is 0.267. The van der Waals surface area contributed by atoms with E-state index in [1.807, 2.05) is 25.1 Å². The monoisotopic (exact) mass is 541 g/mol. The third-order valence-corrected chi connectivity index (χ3v) is 7.65. The molecule has 0 spiro atoms. The number of methoxy groups -OCH3 is 1. The highest BCUT2D eigenvalue weighted by atomic mass is 32.1. The molecule has 3 heterocycles. The summed E-state index contributed by atoms with van der Waals surface area (Å²) in [7, 11) is 1.52. The van der Waals surface area contributed by atoms with Crippen LogP contribution >= 0.6 is 12.2 Å². The van der Waals surface area contributed by atoms with Gasteiger partial charge in [-0.3, -0.25) is 15.1 Å². The first-order valence-electron chi connectivity index (χ1n) is 12.8. The van der Waals surface area contributed by atoms with Crippen LogP contribution in [0.3, 0.4) is 0 Å². The second kappa shape index (κ2) is 10.5. The molecule has 200 valence electrons. The molecule has 39 heavy (non-hydrogen) atoms. The van der Waals surface area contributed by atoms with E-state index in [-0.39, 0.29) is 17.8 Å². The Hall–Kier alpha value is -4.24. The highest BCUT2D eigenvalue weighted by Crippen LogP contribution is 2.44. The van der Waals surface area contributed by atoms with Crippen LogP contribution in [0.4, 0.5) is 11.4 Å². The lowest BCUT2D eigenvalue weighted by Gasteiger charge is -2.28. The van der Waals surface area contributed by atoms with Crippen molar-refractivity contribution in [3.63, 3.8) is 0 Å². The van der Waals surface area contributed by atoms with Crippen molar-refractivity contribution in [1.29, 1.82) is 0 Å². The molecule has 0 radical (unpaired) electrons. The van der Waals surface area contributed by atoms with Gasteiger partial charge in [0.15, 0.2) is 5.11 Å². The molecular weight excluding hydrogens is 510 g/mol. The maximum Gasteiger partial charge on any atom is 0.273 e. The van der Waals surface area contributed by atoms with Gasteiger partial charge in [0.05, 0.1) is 41.6 Å². The van der Waals surface area contributed by atoms with Gasteiger partial charge in [0.1, 0.15) is 5.75 Å². The van der Waals surface area contributed by atoms with Gasteiger partial charge in [-0.05, 0) is 79.5 Å². The van der Waals surface area contributed by atoms with E-state index in [1.165, 1.54) is 24.8 Å². The van der Waals surface area contributed by atoms with Crippen LogP contribution in [0.5, 0.6) is 5.75 Å². The first-order chi connectivity index (χ1) is 18.7. The smallest absolute Gasteiger partial charge is 0.273 e. The van der Waals surface area contributed by atoms with Crippen LogP contribution in [0, 0.1) is 24.0 Å². The van der Waals surface area contributed by atoms with Gasteiger partial charge in [-0.2, -0.15) is 0 Å². The molecule has 5 rings (SSSR count). The number of non-ortho nitro benzene ring substituents is 1. The molecule has 2 aromatic carbocycles. The average molecular weight is 542 g/mol. The average Bonchev–Trinajstić information content (AvgIpc) is 3.43. The van der Waals surface area contributed by atoms with Crippen LogP contribution in [0.15, 0.2) is 72.9 Å². The third kappa shape index (κ3) is 4.74. The van der Waals surface area contributed by atoms with Gasteiger partial charge in [0, 0.05) is 29.3 Å². The molecule has 4 aromatic rings. The number of aromatic nitrogens is 2. The lowest BCUT2D eigenvalue weighted by molar-refractivity contribution is -0.384. The highest BCUT2D eigenvalue weighted by molar-refractivity contribution is 7.80. The SMILES string of the molecule is COc1cc([N+](=O)[O-])ccc1-n1c(C)cc([C@@H]2[C@@H](c3ccccn3)NC(=S)N2c2ccc(C(C)C)cc2)c1C. The molecule has 2 atom stereocenters. The van der Waals surface area contributed by atoms with Crippen LogP contribution in [0.2, 0.25) is 0 Å². The van der Waals surface area contributed by atoms with Crippen molar-refractivity contribution in [2.24, 2.45) is 0 Å². The van der Waals surface area contributed by atoms with Crippen molar-refractivity contribution in [3.05, 3.63) is 111 Å². The number of aryl methyl sites for hydroxylation is 1. The second-order valence-electron chi connectivity index (χ2n) is 10.0. The van der Waals surface area contributed by atoms with E-state index in [4.69, 9.17) is 17.0 Å². The van der Waals surface area contributed by atoms with Crippen molar-refractivity contribution in [3.8, 4) is 11.4 Å². The number of benzene rings is 2. The number of hydrogen-bond donors (Lipinski definition) is 1. The Morgan fingerprint density at radius 3 is 2.44 bits per heavy atom. The maximum absolute atomic E-state index is 11.4. The van der Waals surface area contributed by atoms with Crippen molar-refractivity contribution < 1.29 is 9.66 Å². The molecule has 0 aliphatic carbocycles. The van der Waals surface area contributed by atoms with E-state index in [1.54, 1.807) is 12.3 Å². The predicted molar refractivity (Wildman–Crippen MR) is 157 cm³/mol. The molecule has 1 aliphatic rings. The van der Waals surface area contributed by atoms with E-state index < -0.39 is 4.92 Å². The number of ether oxygens (including phenoxy) is 1. The molecule has 0 saturated carbocycles. The lowest BCUT2D eigenvalue weighted by atomic mass is 9.96. The molecular formula is C30H31N5O3S. The minimum atomic E-state index is -0.419. The number of thiocarbonyl (C=S) groups is 1. The zero-order valence-electron chi connectivity index (χ0n) is 22.6. The maximum atomic E-state index is 11.4. The summed E-state index contributed by atoms with van der Waals surface area (Å²) >= 11 is 5.91. The standard InChI is InChI=1S/C30H31N5O3S/c1-18(2)21-9-11-22(12-10-21)34-29(28(32-30(34)39)25-8-6-7-15-31-25)24-16-19(3)33(20(24)4)26-14-13-23(35(36)37)17-27(26)38-5/h6-18,28-29H,1-5H3,(H,32,39)/t28-,29-/m1/s1. The van der Waals surface area contributed by atoms with E-state index >= 15 is 0 Å². The number of hydrogen-bond acceptors (Lipinski definition) is 5. The molecule has 2 aromatic heterocycles. The molecule has 1 aliphatic heterocycles. The van der Waals surface area contributed by atoms with Crippen molar-refractivity contribution in [2.75, 3.05) is 12.0 Å². The Balaban J connectivity index is 1.66. The molecule has 8 nitrogen and oxygen atoms in total. The fourth-order valence-electron chi connectivity index (χ4n) is 5.39. The molecule has 1 saturated heterocycles. The molecule has 1 N–H and O–H groups in total. The zero-order chi connectivity index (χ0) is 27.8. The first-order valence-corrected chi connectivity index (χ1v) is 13.2. The number of nitro groups is 1. The van der Waals surface area contributed by atoms with Crippen LogP contribution < -0.4 is 15.0 Å². The Bertz CT molecular complexity index is 1530. The number of rotatable bonds is 7. The van der Waals surface area contributed by atoms with Crippen LogP contribution in [0.1, 0.15) is 60.1 Å². The van der Waals surface area contributed by atoms with Crippen LogP contribution in [-0.2, 0) is 0 Å². The van der Waals surface area contributed by atoms with Gasteiger partial charge < -0.3 is 19.5 Å². The third-order valence-electron chi connectivity index (χ3n) is 7.34. The first kappa shape index (κ1) is 26.4. The van der Waals surface area contributed by atoms with Gasteiger partial charge in [-0.15, -0.1) is 0 Å². The Kier molecular flexibility index (Phi) is 7.10. The number of nitrogens with one attached hydrogen (secondary N) is 1. The summed E-state index contributed by atoms with van der Waals surface area (Å²) in [5.41, 5.74) is 6.90. The van der Waals surface area contributed by atoms with E-state index in [9.17, 15) is 10.1 Å².